The second-order valence-corrected chi connectivity index (χ2v) is 5.03. The van der Waals surface area contributed by atoms with Crippen molar-refractivity contribution in [1.82, 2.24) is 15.2 Å². The predicted molar refractivity (Wildman–Crippen MR) is 81.0 cm³/mol. The lowest BCUT2D eigenvalue weighted by molar-refractivity contribution is 0.477. The van der Waals surface area contributed by atoms with E-state index in [2.05, 4.69) is 15.2 Å². The van der Waals surface area contributed by atoms with Crippen LogP contribution in [0.3, 0.4) is 0 Å². The van der Waals surface area contributed by atoms with Gasteiger partial charge in [0.25, 0.3) is 0 Å². The minimum Gasteiger partial charge on any atom is -0.507 e. The first-order chi connectivity index (χ1) is 10.1. The van der Waals surface area contributed by atoms with Gasteiger partial charge < -0.3 is 10.8 Å². The number of benzene rings is 2. The number of nitrogens with one attached hydrogen (secondary N) is 1. The van der Waals surface area contributed by atoms with Crippen molar-refractivity contribution in [3.8, 4) is 17.1 Å². The zero-order valence-electron chi connectivity index (χ0n) is 11.0. The van der Waals surface area contributed by atoms with Crippen LogP contribution < -0.4 is 5.73 Å². The Kier molecular flexibility index (Phi) is 3.60. The van der Waals surface area contributed by atoms with E-state index < -0.39 is 6.04 Å². The summed E-state index contributed by atoms with van der Waals surface area (Å²) >= 11 is 5.86. The van der Waals surface area contributed by atoms with Crippen molar-refractivity contribution < 1.29 is 5.11 Å². The minimum atomic E-state index is -0.436. The molecule has 106 valence electrons. The van der Waals surface area contributed by atoms with Crippen molar-refractivity contribution in [3.63, 3.8) is 0 Å². The summed E-state index contributed by atoms with van der Waals surface area (Å²) in [4.78, 5) is 4.36. The number of nitrogens with two attached hydrogens (primary N) is 1. The molecule has 0 aliphatic heterocycles. The Balaban J connectivity index is 1.91. The highest BCUT2D eigenvalue weighted by atomic mass is 35.5. The van der Waals surface area contributed by atoms with Gasteiger partial charge in [0.15, 0.2) is 5.82 Å². The summed E-state index contributed by atoms with van der Waals surface area (Å²) in [6.07, 6.45) is 0. The van der Waals surface area contributed by atoms with Gasteiger partial charge in [-0.2, -0.15) is 5.10 Å². The predicted octanol–water partition coefficient (Wildman–Crippen LogP) is 2.88. The van der Waals surface area contributed by atoms with Gasteiger partial charge in [-0.3, -0.25) is 5.10 Å². The van der Waals surface area contributed by atoms with Crippen molar-refractivity contribution in [1.29, 1.82) is 0 Å². The molecule has 0 bridgehead atoms. The smallest absolute Gasteiger partial charge is 0.184 e. The van der Waals surface area contributed by atoms with Gasteiger partial charge in [0, 0.05) is 5.02 Å². The van der Waals surface area contributed by atoms with Crippen LogP contribution in [-0.2, 0) is 0 Å². The molecule has 5 nitrogen and oxygen atoms in total. The number of aromatic nitrogens is 3. The maximum absolute atomic E-state index is 9.82. The number of nitrogens with zero attached hydrogens (tertiary/aromatic N) is 2. The summed E-state index contributed by atoms with van der Waals surface area (Å²) in [6.45, 7) is 0. The molecule has 1 atom stereocenters. The second kappa shape index (κ2) is 5.55. The number of rotatable bonds is 3. The molecule has 0 saturated carbocycles. The van der Waals surface area contributed by atoms with Crippen LogP contribution in [0.4, 0.5) is 0 Å². The van der Waals surface area contributed by atoms with Crippen molar-refractivity contribution in [2.24, 2.45) is 5.73 Å². The van der Waals surface area contributed by atoms with Gasteiger partial charge in [-0.05, 0) is 29.8 Å². The molecule has 0 spiro atoms. The first kappa shape index (κ1) is 13.6. The van der Waals surface area contributed by atoms with Gasteiger partial charge in [-0.15, -0.1) is 0 Å². The molecule has 21 heavy (non-hydrogen) atoms. The largest absolute Gasteiger partial charge is 0.507 e. The molecule has 1 aromatic heterocycles. The van der Waals surface area contributed by atoms with E-state index in [0.717, 1.165) is 5.56 Å². The fraction of sp³-hybridized carbons (Fsp3) is 0.0667. The molecule has 1 unspecified atom stereocenters. The molecule has 4 N–H and O–H groups in total. The third-order valence-corrected chi connectivity index (χ3v) is 3.42. The van der Waals surface area contributed by atoms with E-state index in [-0.39, 0.29) is 5.75 Å². The molecule has 3 rings (SSSR count). The van der Waals surface area contributed by atoms with Gasteiger partial charge in [0.2, 0.25) is 0 Å². The number of halogens is 1. The van der Waals surface area contributed by atoms with E-state index in [9.17, 15) is 5.11 Å². The first-order valence-electron chi connectivity index (χ1n) is 6.37. The molecule has 0 radical (unpaired) electrons. The van der Waals surface area contributed by atoms with Crippen LogP contribution in [0.15, 0.2) is 48.5 Å². The van der Waals surface area contributed by atoms with Gasteiger partial charge >= 0.3 is 0 Å². The van der Waals surface area contributed by atoms with Crippen LogP contribution >= 0.6 is 11.6 Å². The lowest BCUT2D eigenvalue weighted by atomic mass is 10.1. The SMILES string of the molecule is NC(c1ccc(Cl)cc1)c1nc(-c2ccccc2O)n[nH]1. The van der Waals surface area contributed by atoms with E-state index >= 15 is 0 Å². The maximum Gasteiger partial charge on any atom is 0.184 e. The molecule has 0 fully saturated rings. The quantitative estimate of drug-likeness (QED) is 0.694. The molecule has 0 aliphatic carbocycles. The summed E-state index contributed by atoms with van der Waals surface area (Å²) in [5.74, 6) is 1.06. The second-order valence-electron chi connectivity index (χ2n) is 4.59. The molecular weight excluding hydrogens is 288 g/mol. The third-order valence-electron chi connectivity index (χ3n) is 3.17. The monoisotopic (exact) mass is 300 g/mol. The van der Waals surface area contributed by atoms with Crippen molar-refractivity contribution in [3.05, 3.63) is 64.9 Å². The van der Waals surface area contributed by atoms with Crippen molar-refractivity contribution in [2.75, 3.05) is 0 Å². The van der Waals surface area contributed by atoms with Crippen LogP contribution in [0, 0.1) is 0 Å². The number of aromatic hydroxyl groups is 1. The molecule has 2 aromatic carbocycles. The molecule has 0 saturated heterocycles. The Morgan fingerprint density at radius 2 is 1.81 bits per heavy atom. The first-order valence-corrected chi connectivity index (χ1v) is 6.74. The van der Waals surface area contributed by atoms with Crippen LogP contribution in [0.5, 0.6) is 5.75 Å². The van der Waals surface area contributed by atoms with Gasteiger partial charge in [0.1, 0.15) is 11.6 Å². The van der Waals surface area contributed by atoms with Gasteiger partial charge in [-0.25, -0.2) is 4.98 Å². The molecule has 3 aromatic rings. The normalized spacial score (nSPS) is 12.3. The molecule has 1 heterocycles. The number of para-hydroxylation sites is 1. The highest BCUT2D eigenvalue weighted by Crippen LogP contribution is 2.27. The van der Waals surface area contributed by atoms with Crippen LogP contribution in [0.1, 0.15) is 17.4 Å². The topological polar surface area (TPSA) is 87.8 Å². The van der Waals surface area contributed by atoms with Gasteiger partial charge in [-0.1, -0.05) is 35.9 Å². The number of phenolic OH excluding ortho intramolecular Hbond substituents is 1. The summed E-state index contributed by atoms with van der Waals surface area (Å²) in [5.41, 5.74) is 7.59. The van der Waals surface area contributed by atoms with Crippen LogP contribution in [0.25, 0.3) is 11.4 Å². The zero-order valence-corrected chi connectivity index (χ0v) is 11.7. The summed E-state index contributed by atoms with van der Waals surface area (Å²) < 4.78 is 0. The Bertz CT molecular complexity index is 754. The molecule has 0 aliphatic rings. The molecule has 0 amide bonds. The van der Waals surface area contributed by atoms with Gasteiger partial charge in [0.05, 0.1) is 11.6 Å². The van der Waals surface area contributed by atoms with E-state index in [4.69, 9.17) is 17.3 Å². The highest BCUT2D eigenvalue weighted by molar-refractivity contribution is 6.30. The average molecular weight is 301 g/mol. The third kappa shape index (κ3) is 2.74. The number of hydrogen-bond acceptors (Lipinski definition) is 4. The Morgan fingerprint density at radius 1 is 1.10 bits per heavy atom. The molecular formula is C15H13ClN4O. The fourth-order valence-electron chi connectivity index (χ4n) is 2.02. The van der Waals surface area contributed by atoms with E-state index in [0.29, 0.717) is 22.2 Å². The van der Waals surface area contributed by atoms with Crippen molar-refractivity contribution in [2.45, 2.75) is 6.04 Å². The van der Waals surface area contributed by atoms with Crippen molar-refractivity contribution >= 4 is 11.6 Å². The van der Waals surface area contributed by atoms with E-state index in [1.807, 2.05) is 18.2 Å². The fourth-order valence-corrected chi connectivity index (χ4v) is 2.15. The van der Waals surface area contributed by atoms with Crippen LogP contribution in [0.2, 0.25) is 5.02 Å². The summed E-state index contributed by atoms with van der Waals surface area (Å²) in [5, 5.41) is 17.4. The number of phenols is 1. The Hall–Kier alpha value is -2.37. The standard InChI is InChI=1S/C15H13ClN4O/c16-10-7-5-9(6-8-10)13(17)15-18-14(19-20-15)11-3-1-2-4-12(11)21/h1-8,13,21H,17H2,(H,18,19,20). The Labute approximate surface area is 126 Å². The molecule has 6 heteroatoms. The Morgan fingerprint density at radius 3 is 2.52 bits per heavy atom. The number of aromatic amines is 1. The number of H-pyrrole nitrogens is 1. The van der Waals surface area contributed by atoms with Crippen LogP contribution in [-0.4, -0.2) is 20.3 Å². The lowest BCUT2D eigenvalue weighted by Crippen LogP contribution is -2.13. The van der Waals surface area contributed by atoms with E-state index in [1.54, 1.807) is 30.3 Å². The number of hydrogen-bond donors (Lipinski definition) is 3. The average Bonchev–Trinajstić information content (AvgIpc) is 2.97. The minimum absolute atomic E-state index is 0.128. The lowest BCUT2D eigenvalue weighted by Gasteiger charge is -2.08. The maximum atomic E-state index is 9.82. The van der Waals surface area contributed by atoms with E-state index in [1.165, 1.54) is 0 Å². The summed E-state index contributed by atoms with van der Waals surface area (Å²) in [6, 6.07) is 13.7. The highest BCUT2D eigenvalue weighted by Gasteiger charge is 2.16. The summed E-state index contributed by atoms with van der Waals surface area (Å²) in [7, 11) is 0. The zero-order chi connectivity index (χ0) is 14.8.